The van der Waals surface area contributed by atoms with Crippen molar-refractivity contribution in [3.63, 3.8) is 0 Å². The summed E-state index contributed by atoms with van der Waals surface area (Å²) in [5, 5.41) is 10.9. The number of hydrogen-bond acceptors (Lipinski definition) is 7. The smallest absolute Gasteiger partial charge is 0.331 e. The molecule has 1 aromatic rings. The number of carbonyl (C=O) groups excluding carboxylic acids is 2. The van der Waals surface area contributed by atoms with Crippen molar-refractivity contribution < 1.29 is 14.3 Å². The molecule has 0 aromatic heterocycles. The van der Waals surface area contributed by atoms with Crippen molar-refractivity contribution in [2.24, 2.45) is 10.2 Å². The lowest BCUT2D eigenvalue weighted by atomic mass is 10.1. The number of hydrogen-bond donors (Lipinski definition) is 1. The van der Waals surface area contributed by atoms with Gasteiger partial charge in [-0.25, -0.2) is 4.79 Å². The summed E-state index contributed by atoms with van der Waals surface area (Å²) in [5.41, 5.74) is 2.14. The van der Waals surface area contributed by atoms with Crippen molar-refractivity contribution in [3.8, 4) is 0 Å². The van der Waals surface area contributed by atoms with Gasteiger partial charge in [0.2, 0.25) is 0 Å². The van der Waals surface area contributed by atoms with Gasteiger partial charge < -0.3 is 9.64 Å². The highest BCUT2D eigenvalue weighted by atomic mass is 32.2. The van der Waals surface area contributed by atoms with Crippen molar-refractivity contribution >= 4 is 35.0 Å². The van der Waals surface area contributed by atoms with Gasteiger partial charge in [0.1, 0.15) is 0 Å². The highest BCUT2D eigenvalue weighted by molar-refractivity contribution is 8.18. The summed E-state index contributed by atoms with van der Waals surface area (Å²) in [6.07, 6.45) is 5.13. The maximum Gasteiger partial charge on any atom is 0.331 e. The van der Waals surface area contributed by atoms with E-state index in [0.29, 0.717) is 5.17 Å². The number of thioether (sulfide) groups is 1. The lowest BCUT2D eigenvalue weighted by Crippen LogP contribution is -2.19. The zero-order valence-corrected chi connectivity index (χ0v) is 16.6. The largest absolute Gasteiger partial charge is 0.466 e. The molecule has 0 spiro atoms. The second-order valence-electron chi connectivity index (χ2n) is 6.07. The number of rotatable bonds is 8. The summed E-state index contributed by atoms with van der Waals surface area (Å²) < 4.78 is 4.51. The Balaban J connectivity index is 1.97. The number of esters is 1. The SMILES string of the molecule is CCCCN(C)Cc1cccc(C=N/N=C2/NC(=O)/C(=C\C(=O)OC)S2)c1. The third-order valence-corrected chi connectivity index (χ3v) is 4.65. The number of amides is 1. The molecule has 1 fully saturated rings. The first-order chi connectivity index (χ1) is 13.0. The second kappa shape index (κ2) is 10.6. The predicted molar refractivity (Wildman–Crippen MR) is 109 cm³/mol. The van der Waals surface area contributed by atoms with Crippen molar-refractivity contribution in [1.82, 2.24) is 10.2 Å². The molecule has 27 heavy (non-hydrogen) atoms. The van der Waals surface area contributed by atoms with Crippen LogP contribution in [0.2, 0.25) is 0 Å². The maximum atomic E-state index is 11.7. The summed E-state index contributed by atoms with van der Waals surface area (Å²) in [6.45, 7) is 4.14. The number of ether oxygens (including phenoxy) is 1. The molecule has 7 nitrogen and oxygen atoms in total. The van der Waals surface area contributed by atoms with Crippen LogP contribution in [0.4, 0.5) is 0 Å². The molecule has 1 heterocycles. The van der Waals surface area contributed by atoms with E-state index in [1.165, 1.54) is 25.5 Å². The lowest BCUT2D eigenvalue weighted by Gasteiger charge is -2.16. The summed E-state index contributed by atoms with van der Waals surface area (Å²) >= 11 is 1.05. The molecule has 8 heteroatoms. The van der Waals surface area contributed by atoms with Crippen LogP contribution < -0.4 is 5.32 Å². The first-order valence-corrected chi connectivity index (χ1v) is 9.50. The minimum Gasteiger partial charge on any atom is -0.466 e. The highest BCUT2D eigenvalue weighted by Crippen LogP contribution is 2.23. The molecule has 0 radical (unpaired) electrons. The van der Waals surface area contributed by atoms with Crippen LogP contribution >= 0.6 is 11.8 Å². The molecule has 144 valence electrons. The van der Waals surface area contributed by atoms with E-state index in [1.54, 1.807) is 6.21 Å². The topological polar surface area (TPSA) is 83.4 Å². The van der Waals surface area contributed by atoms with Crippen LogP contribution in [0.1, 0.15) is 30.9 Å². The van der Waals surface area contributed by atoms with Crippen LogP contribution in [0.15, 0.2) is 45.4 Å². The molecular formula is C19H24N4O3S. The zero-order valence-electron chi connectivity index (χ0n) is 15.8. The van der Waals surface area contributed by atoms with E-state index in [1.807, 2.05) is 12.1 Å². The third-order valence-electron chi connectivity index (χ3n) is 3.75. The summed E-state index contributed by atoms with van der Waals surface area (Å²) in [4.78, 5) is 25.5. The standard InChI is InChI=1S/C19H24N4O3S/c1-4-5-9-23(2)13-15-8-6-7-14(10-15)12-20-22-19-21-18(25)16(27-19)11-17(24)26-3/h6-8,10-12H,4-5,9,13H2,1-3H3,(H,21,22,25)/b16-11+,20-12?. The minimum atomic E-state index is -0.585. The van der Waals surface area contributed by atoms with E-state index in [4.69, 9.17) is 0 Å². The predicted octanol–water partition coefficient (Wildman–Crippen LogP) is 2.53. The van der Waals surface area contributed by atoms with Gasteiger partial charge in [-0.05, 0) is 49.0 Å². The Labute approximate surface area is 163 Å². The summed E-state index contributed by atoms with van der Waals surface area (Å²) in [5.74, 6) is -0.977. The number of unbranched alkanes of at least 4 members (excludes halogenated alkanes) is 1. The molecule has 1 saturated heterocycles. The normalized spacial score (nSPS) is 17.3. The van der Waals surface area contributed by atoms with Gasteiger partial charge in [0, 0.05) is 12.6 Å². The van der Waals surface area contributed by atoms with Crippen LogP contribution in [0.25, 0.3) is 0 Å². The Kier molecular flexibility index (Phi) is 8.22. The molecule has 1 N–H and O–H groups in total. The lowest BCUT2D eigenvalue weighted by molar-refractivity contribution is -0.135. The van der Waals surface area contributed by atoms with Gasteiger partial charge in [0.15, 0.2) is 5.17 Å². The van der Waals surface area contributed by atoms with E-state index >= 15 is 0 Å². The molecule has 0 unspecified atom stereocenters. The second-order valence-corrected chi connectivity index (χ2v) is 7.10. The zero-order chi connectivity index (χ0) is 19.6. The number of benzene rings is 1. The van der Waals surface area contributed by atoms with Gasteiger partial charge in [0.05, 0.1) is 18.2 Å². The van der Waals surface area contributed by atoms with E-state index in [-0.39, 0.29) is 4.91 Å². The van der Waals surface area contributed by atoms with Crippen LogP contribution in [0.3, 0.4) is 0 Å². The minimum absolute atomic E-state index is 0.230. The Morgan fingerprint density at radius 2 is 2.22 bits per heavy atom. The fourth-order valence-electron chi connectivity index (χ4n) is 2.38. The fraction of sp³-hybridized carbons (Fsp3) is 0.368. The molecule has 1 aliphatic heterocycles. The first kappa shape index (κ1) is 20.9. The monoisotopic (exact) mass is 388 g/mol. The molecule has 0 atom stereocenters. The van der Waals surface area contributed by atoms with Crippen molar-refractivity contribution in [3.05, 3.63) is 46.4 Å². The Morgan fingerprint density at radius 3 is 2.96 bits per heavy atom. The number of carbonyl (C=O) groups is 2. The van der Waals surface area contributed by atoms with E-state index in [0.717, 1.165) is 36.5 Å². The quantitative estimate of drug-likeness (QED) is 0.320. The van der Waals surface area contributed by atoms with Crippen LogP contribution in [-0.2, 0) is 20.9 Å². The average molecular weight is 388 g/mol. The highest BCUT2D eigenvalue weighted by Gasteiger charge is 2.24. The van der Waals surface area contributed by atoms with Gasteiger partial charge in [-0.3, -0.25) is 10.1 Å². The van der Waals surface area contributed by atoms with Gasteiger partial charge >= 0.3 is 5.97 Å². The van der Waals surface area contributed by atoms with Gasteiger partial charge in [-0.2, -0.15) is 5.10 Å². The summed E-state index contributed by atoms with van der Waals surface area (Å²) in [6, 6.07) is 8.08. The Hall–Kier alpha value is -2.45. The molecule has 1 aromatic carbocycles. The maximum absolute atomic E-state index is 11.7. The summed E-state index contributed by atoms with van der Waals surface area (Å²) in [7, 11) is 3.37. The van der Waals surface area contributed by atoms with Crippen LogP contribution in [0.5, 0.6) is 0 Å². The Bertz CT molecular complexity index is 774. The van der Waals surface area contributed by atoms with Gasteiger partial charge in [-0.1, -0.05) is 31.5 Å². The third kappa shape index (κ3) is 6.99. The Morgan fingerprint density at radius 1 is 1.41 bits per heavy atom. The van der Waals surface area contributed by atoms with Gasteiger partial charge in [0.25, 0.3) is 5.91 Å². The number of amidine groups is 1. The molecule has 1 amide bonds. The van der Waals surface area contributed by atoms with Crippen molar-refractivity contribution in [2.75, 3.05) is 20.7 Å². The van der Waals surface area contributed by atoms with E-state index < -0.39 is 11.9 Å². The first-order valence-electron chi connectivity index (χ1n) is 8.69. The molecule has 0 aliphatic carbocycles. The van der Waals surface area contributed by atoms with E-state index in [9.17, 15) is 9.59 Å². The number of nitrogens with one attached hydrogen (secondary N) is 1. The van der Waals surface area contributed by atoms with E-state index in [2.05, 4.69) is 51.3 Å². The average Bonchev–Trinajstić information content (AvgIpc) is 2.99. The number of nitrogens with zero attached hydrogens (tertiary/aromatic N) is 3. The fourth-order valence-corrected chi connectivity index (χ4v) is 3.12. The number of methoxy groups -OCH3 is 1. The van der Waals surface area contributed by atoms with Crippen molar-refractivity contribution in [1.29, 1.82) is 0 Å². The van der Waals surface area contributed by atoms with Crippen LogP contribution in [0, 0.1) is 0 Å². The molecule has 0 bridgehead atoms. The molecule has 2 rings (SSSR count). The van der Waals surface area contributed by atoms with Crippen LogP contribution in [-0.4, -0.2) is 48.9 Å². The molecule has 0 saturated carbocycles. The van der Waals surface area contributed by atoms with Gasteiger partial charge in [-0.15, -0.1) is 5.10 Å². The van der Waals surface area contributed by atoms with Crippen molar-refractivity contribution in [2.45, 2.75) is 26.3 Å². The molecule has 1 aliphatic rings. The molecular weight excluding hydrogens is 364 g/mol.